The van der Waals surface area contributed by atoms with Crippen molar-refractivity contribution in [2.75, 3.05) is 5.32 Å². The number of benzene rings is 2. The van der Waals surface area contributed by atoms with Crippen molar-refractivity contribution in [2.45, 2.75) is 32.0 Å². The molecule has 0 radical (unpaired) electrons. The first-order valence-electron chi connectivity index (χ1n) is 7.91. The zero-order valence-electron chi connectivity index (χ0n) is 14.1. The molecule has 26 heavy (non-hydrogen) atoms. The summed E-state index contributed by atoms with van der Waals surface area (Å²) in [5, 5.41) is 2.26. The molecule has 0 aromatic heterocycles. The number of ether oxygens (including phenoxy) is 1. The van der Waals surface area contributed by atoms with Gasteiger partial charge in [-0.2, -0.15) is 13.2 Å². The lowest BCUT2D eigenvalue weighted by molar-refractivity contribution is -0.137. The molecule has 1 atom stereocenters. The van der Waals surface area contributed by atoms with Gasteiger partial charge in [-0.3, -0.25) is 4.79 Å². The molecule has 1 aliphatic rings. The fourth-order valence-electron chi connectivity index (χ4n) is 2.95. The molecule has 0 saturated carbocycles. The molecular formula is C19H16F3NO3. The Morgan fingerprint density at radius 2 is 1.88 bits per heavy atom. The molecule has 1 amide bonds. The van der Waals surface area contributed by atoms with Gasteiger partial charge in [-0.15, -0.1) is 0 Å². The third-order valence-corrected chi connectivity index (χ3v) is 4.29. The molecule has 3 rings (SSSR count). The van der Waals surface area contributed by atoms with Crippen molar-refractivity contribution < 1.29 is 27.5 Å². The van der Waals surface area contributed by atoms with Gasteiger partial charge < -0.3 is 10.1 Å². The number of carbonyl (C=O) groups excluding carboxylic acids is 2. The van der Waals surface area contributed by atoms with E-state index in [1.165, 1.54) is 19.1 Å². The number of hydrogen-bond donors (Lipinski definition) is 1. The fraction of sp³-hybridized carbons (Fsp3) is 0.263. The van der Waals surface area contributed by atoms with Gasteiger partial charge >= 0.3 is 12.1 Å². The molecule has 2 aromatic rings. The number of anilines is 1. The number of carbonyl (C=O) groups is 2. The largest absolute Gasteiger partial charge is 0.445 e. The number of esters is 1. The number of hydrogen-bond acceptors (Lipinski definition) is 3. The van der Waals surface area contributed by atoms with E-state index in [1.807, 2.05) is 6.92 Å². The Kier molecular flexibility index (Phi) is 4.26. The summed E-state index contributed by atoms with van der Waals surface area (Å²) in [5.41, 5.74) is -1.05. The summed E-state index contributed by atoms with van der Waals surface area (Å²) in [7, 11) is 0. The number of nitrogens with one attached hydrogen (secondary N) is 1. The van der Waals surface area contributed by atoms with Crippen LogP contribution >= 0.6 is 0 Å². The summed E-state index contributed by atoms with van der Waals surface area (Å²) in [6.07, 6.45) is -4.53. The van der Waals surface area contributed by atoms with Gasteiger partial charge in [0.1, 0.15) is 0 Å². The molecule has 0 saturated heterocycles. The van der Waals surface area contributed by atoms with Crippen molar-refractivity contribution in [1.29, 1.82) is 0 Å². The summed E-state index contributed by atoms with van der Waals surface area (Å²) in [6, 6.07) is 9.80. The second-order valence-electron chi connectivity index (χ2n) is 6.46. The molecule has 2 aromatic carbocycles. The topological polar surface area (TPSA) is 55.4 Å². The van der Waals surface area contributed by atoms with Gasteiger partial charge in [0.15, 0.2) is 5.60 Å². The van der Waals surface area contributed by atoms with Gasteiger partial charge in [0.25, 0.3) is 5.91 Å². The van der Waals surface area contributed by atoms with Gasteiger partial charge in [-0.05, 0) is 37.6 Å². The van der Waals surface area contributed by atoms with Gasteiger partial charge in [0, 0.05) is 6.42 Å². The standard InChI is InChI=1S/C19H16F3NO3/c1-11-7-8-13-12(9-11)10-18(2,26-16(13)24)17(25)23-15-6-4-3-5-14(15)19(20,21)22/h3-9H,10H2,1-2H3,(H,23,25). The highest BCUT2D eigenvalue weighted by molar-refractivity contribution is 6.02. The monoisotopic (exact) mass is 363 g/mol. The molecule has 0 fully saturated rings. The first-order chi connectivity index (χ1) is 12.1. The van der Waals surface area contributed by atoms with E-state index in [0.29, 0.717) is 11.1 Å². The predicted octanol–water partition coefficient (Wildman–Crippen LogP) is 4.12. The van der Waals surface area contributed by atoms with Crippen LogP contribution in [0.3, 0.4) is 0 Å². The Labute approximate surface area is 148 Å². The van der Waals surface area contributed by atoms with Crippen LogP contribution in [0.5, 0.6) is 0 Å². The van der Waals surface area contributed by atoms with Crippen molar-refractivity contribution >= 4 is 17.6 Å². The number of fused-ring (bicyclic) bond motifs is 1. The molecule has 1 unspecified atom stereocenters. The van der Waals surface area contributed by atoms with E-state index >= 15 is 0 Å². The third kappa shape index (κ3) is 3.29. The molecule has 4 nitrogen and oxygen atoms in total. The number of amides is 1. The highest BCUT2D eigenvalue weighted by Gasteiger charge is 2.43. The summed E-state index contributed by atoms with van der Waals surface area (Å²) in [5.74, 6) is -1.48. The number of halogens is 3. The highest BCUT2D eigenvalue weighted by Crippen LogP contribution is 2.36. The molecule has 136 valence electrons. The van der Waals surface area contributed by atoms with Crippen molar-refractivity contribution in [1.82, 2.24) is 0 Å². The second kappa shape index (κ2) is 6.16. The molecule has 0 aliphatic carbocycles. The summed E-state index contributed by atoms with van der Waals surface area (Å²) in [4.78, 5) is 24.9. The maximum atomic E-state index is 13.1. The quantitative estimate of drug-likeness (QED) is 0.817. The van der Waals surface area contributed by atoms with E-state index in [2.05, 4.69) is 5.32 Å². The Morgan fingerprint density at radius 3 is 2.58 bits per heavy atom. The Hall–Kier alpha value is -2.83. The van der Waals surface area contributed by atoms with Crippen LogP contribution in [0.15, 0.2) is 42.5 Å². The Bertz CT molecular complexity index is 892. The molecule has 1 aliphatic heterocycles. The average Bonchev–Trinajstić information content (AvgIpc) is 2.53. The summed E-state index contributed by atoms with van der Waals surface area (Å²) < 4.78 is 44.6. The lowest BCUT2D eigenvalue weighted by atomic mass is 9.88. The van der Waals surface area contributed by atoms with Crippen LogP contribution in [0, 0.1) is 6.92 Å². The van der Waals surface area contributed by atoms with E-state index in [9.17, 15) is 22.8 Å². The minimum absolute atomic E-state index is 0.0791. The van der Waals surface area contributed by atoms with Gasteiger partial charge in [-0.1, -0.05) is 29.8 Å². The fourth-order valence-corrected chi connectivity index (χ4v) is 2.95. The molecule has 0 spiro atoms. The highest BCUT2D eigenvalue weighted by atomic mass is 19.4. The van der Waals surface area contributed by atoms with E-state index in [0.717, 1.165) is 17.7 Å². The van der Waals surface area contributed by atoms with E-state index in [1.54, 1.807) is 18.2 Å². The van der Waals surface area contributed by atoms with Gasteiger partial charge in [-0.25, -0.2) is 4.79 Å². The zero-order chi connectivity index (χ0) is 19.1. The van der Waals surface area contributed by atoms with Gasteiger partial charge in [0.05, 0.1) is 16.8 Å². The first kappa shape index (κ1) is 18.0. The molecule has 1 N–H and O–H groups in total. The maximum absolute atomic E-state index is 13.1. The van der Waals surface area contributed by atoms with Crippen molar-refractivity contribution in [2.24, 2.45) is 0 Å². The Morgan fingerprint density at radius 1 is 1.19 bits per heavy atom. The number of alkyl halides is 3. The summed E-state index contributed by atoms with van der Waals surface area (Å²) >= 11 is 0. The summed E-state index contributed by atoms with van der Waals surface area (Å²) in [6.45, 7) is 3.24. The molecule has 0 bridgehead atoms. The van der Waals surface area contributed by atoms with Crippen LogP contribution in [-0.2, 0) is 22.1 Å². The first-order valence-corrected chi connectivity index (χ1v) is 7.91. The average molecular weight is 363 g/mol. The Balaban J connectivity index is 1.91. The number of aryl methyl sites for hydroxylation is 1. The van der Waals surface area contributed by atoms with Crippen molar-refractivity contribution in [3.05, 3.63) is 64.7 Å². The smallest absolute Gasteiger partial charge is 0.418 e. The van der Waals surface area contributed by atoms with Crippen LogP contribution in [-0.4, -0.2) is 17.5 Å². The maximum Gasteiger partial charge on any atom is 0.418 e. The van der Waals surface area contributed by atoms with Crippen molar-refractivity contribution in [3.63, 3.8) is 0 Å². The number of rotatable bonds is 2. The van der Waals surface area contributed by atoms with Crippen LogP contribution in [0.25, 0.3) is 0 Å². The zero-order valence-corrected chi connectivity index (χ0v) is 14.1. The van der Waals surface area contributed by atoms with E-state index < -0.39 is 29.2 Å². The predicted molar refractivity (Wildman–Crippen MR) is 88.8 cm³/mol. The lowest BCUT2D eigenvalue weighted by Gasteiger charge is -2.33. The normalized spacial score (nSPS) is 19.5. The molecule has 7 heteroatoms. The van der Waals surface area contributed by atoms with Crippen LogP contribution in [0.4, 0.5) is 18.9 Å². The van der Waals surface area contributed by atoms with Crippen LogP contribution in [0.2, 0.25) is 0 Å². The lowest BCUT2D eigenvalue weighted by Crippen LogP contribution is -2.49. The molecule has 1 heterocycles. The number of cyclic esters (lactones) is 1. The van der Waals surface area contributed by atoms with Crippen LogP contribution in [0.1, 0.15) is 34.0 Å². The van der Waals surface area contributed by atoms with E-state index in [-0.39, 0.29) is 12.1 Å². The minimum Gasteiger partial charge on any atom is -0.445 e. The van der Waals surface area contributed by atoms with E-state index in [4.69, 9.17) is 4.74 Å². The SMILES string of the molecule is Cc1ccc2c(c1)CC(C)(C(=O)Nc1ccccc1C(F)(F)F)OC2=O. The van der Waals surface area contributed by atoms with Gasteiger partial charge in [0.2, 0.25) is 0 Å². The number of para-hydroxylation sites is 1. The van der Waals surface area contributed by atoms with Crippen molar-refractivity contribution in [3.8, 4) is 0 Å². The molecular weight excluding hydrogens is 347 g/mol. The second-order valence-corrected chi connectivity index (χ2v) is 6.46. The third-order valence-electron chi connectivity index (χ3n) is 4.29. The minimum atomic E-state index is -4.61. The van der Waals surface area contributed by atoms with Crippen LogP contribution < -0.4 is 5.32 Å².